The Morgan fingerprint density at radius 2 is 2.33 bits per heavy atom. The summed E-state index contributed by atoms with van der Waals surface area (Å²) in [7, 11) is 0. The van der Waals surface area contributed by atoms with E-state index in [-0.39, 0.29) is 5.95 Å². The smallest absolute Gasteiger partial charge is 0.327 e. The van der Waals surface area contributed by atoms with Crippen LogP contribution in [0.3, 0.4) is 0 Å². The third-order valence-electron chi connectivity index (χ3n) is 0.233. The maximum atomic E-state index is 7.53. The quantitative estimate of drug-likeness (QED) is 0.281. The largest absolute Gasteiger partial charge is 0.371 e. The first kappa shape index (κ1) is 5.26. The third-order valence-corrected chi connectivity index (χ3v) is 0.233. The van der Waals surface area contributed by atoms with Crippen LogP contribution in [0.25, 0.3) is 0 Å². The van der Waals surface area contributed by atoms with E-state index in [9.17, 15) is 0 Å². The number of hydrogen-bond acceptors (Lipinski definition) is 4. The second kappa shape index (κ2) is 2.49. The van der Waals surface area contributed by atoms with Crippen molar-refractivity contribution in [3.63, 3.8) is 0 Å². The van der Waals surface area contributed by atoms with Crippen molar-refractivity contribution in [2.45, 2.75) is 0 Å². The van der Waals surface area contributed by atoms with E-state index in [2.05, 4.69) is 22.2 Å². The first-order chi connectivity index (χ1) is 2.81. The molecule has 36 valence electrons. The predicted molar refractivity (Wildman–Crippen MR) is 18.1 cm³/mol. The van der Waals surface area contributed by atoms with Crippen molar-refractivity contribution in [2.24, 2.45) is 5.90 Å². The standard InChI is InChI=1S/C2H5NO3/c1-2(5-3)6-4/h4H,1,3H2. The number of hydrogen-bond donors (Lipinski definition) is 2. The highest BCUT2D eigenvalue weighted by Crippen LogP contribution is 1.82. The molecule has 4 nitrogen and oxygen atoms in total. The zero-order valence-corrected chi connectivity index (χ0v) is 3.05. The van der Waals surface area contributed by atoms with Crippen LogP contribution in [0.2, 0.25) is 0 Å². The van der Waals surface area contributed by atoms with Gasteiger partial charge >= 0.3 is 5.95 Å². The highest BCUT2D eigenvalue weighted by atomic mass is 17.1. The molecule has 0 fully saturated rings. The maximum Gasteiger partial charge on any atom is 0.327 e. The highest BCUT2D eigenvalue weighted by Gasteiger charge is 1.82. The molecule has 0 aliphatic carbocycles. The monoisotopic (exact) mass is 91.0 g/mol. The lowest BCUT2D eigenvalue weighted by atomic mass is 11.1. The normalized spacial score (nSPS) is 7.00. The van der Waals surface area contributed by atoms with E-state index in [1.54, 1.807) is 0 Å². The summed E-state index contributed by atoms with van der Waals surface area (Å²) in [5.74, 6) is 4.07. The van der Waals surface area contributed by atoms with Gasteiger partial charge in [-0.15, -0.1) is 0 Å². The van der Waals surface area contributed by atoms with Gasteiger partial charge in [0.1, 0.15) is 0 Å². The minimum absolute atomic E-state index is 0.324. The molecule has 3 N–H and O–H groups in total. The van der Waals surface area contributed by atoms with Gasteiger partial charge in [-0.1, -0.05) is 0 Å². The Kier molecular flexibility index (Phi) is 2.19. The lowest BCUT2D eigenvalue weighted by molar-refractivity contribution is -0.244. The van der Waals surface area contributed by atoms with E-state index in [1.807, 2.05) is 0 Å². The Labute approximate surface area is 34.7 Å². The Morgan fingerprint density at radius 1 is 1.83 bits per heavy atom. The zero-order valence-electron chi connectivity index (χ0n) is 3.05. The third kappa shape index (κ3) is 1.57. The summed E-state index contributed by atoms with van der Waals surface area (Å²) in [6, 6.07) is 0. The fourth-order valence-electron chi connectivity index (χ4n) is 0.0215. The van der Waals surface area contributed by atoms with Crippen molar-refractivity contribution < 1.29 is 15.0 Å². The number of nitrogens with two attached hydrogens (primary N) is 1. The lowest BCUT2D eigenvalue weighted by Crippen LogP contribution is -1.98. The fraction of sp³-hybridized carbons (Fsp3) is 0. The molecule has 0 aromatic carbocycles. The van der Waals surface area contributed by atoms with Crippen molar-refractivity contribution >= 4 is 0 Å². The van der Waals surface area contributed by atoms with Gasteiger partial charge in [0, 0.05) is 0 Å². The molecule has 0 radical (unpaired) electrons. The van der Waals surface area contributed by atoms with Crippen LogP contribution in [0, 0.1) is 0 Å². The van der Waals surface area contributed by atoms with Crippen LogP contribution in [0.5, 0.6) is 0 Å². The van der Waals surface area contributed by atoms with Crippen LogP contribution in [-0.2, 0) is 9.73 Å². The maximum absolute atomic E-state index is 7.53. The second-order valence-corrected chi connectivity index (χ2v) is 0.581. The molecule has 0 aromatic rings. The molecule has 0 saturated carbocycles. The van der Waals surface area contributed by atoms with E-state index in [0.29, 0.717) is 0 Å². The van der Waals surface area contributed by atoms with Crippen LogP contribution in [0.4, 0.5) is 0 Å². The van der Waals surface area contributed by atoms with Gasteiger partial charge in [0.2, 0.25) is 0 Å². The van der Waals surface area contributed by atoms with E-state index >= 15 is 0 Å². The van der Waals surface area contributed by atoms with Gasteiger partial charge in [-0.05, 0) is 6.58 Å². The average molecular weight is 91.1 g/mol. The van der Waals surface area contributed by atoms with Crippen LogP contribution in [0.15, 0.2) is 12.5 Å². The van der Waals surface area contributed by atoms with Gasteiger partial charge in [-0.3, -0.25) is 4.89 Å². The van der Waals surface area contributed by atoms with Crippen molar-refractivity contribution in [3.05, 3.63) is 12.5 Å². The Hall–Kier alpha value is -0.740. The summed E-state index contributed by atoms with van der Waals surface area (Å²) in [4.78, 5) is 7.09. The minimum Gasteiger partial charge on any atom is -0.371 e. The molecule has 0 aliphatic rings. The molecular formula is C2H5NO3. The average Bonchev–Trinajstić information content (AvgIpc) is 1.65. The Balaban J connectivity index is 2.99. The fourth-order valence-corrected chi connectivity index (χ4v) is 0.0215. The molecule has 0 bridgehead atoms. The minimum atomic E-state index is -0.324. The summed E-state index contributed by atoms with van der Waals surface area (Å²) in [6.07, 6.45) is 0. The molecule has 0 spiro atoms. The molecule has 0 saturated heterocycles. The van der Waals surface area contributed by atoms with Crippen LogP contribution in [0.1, 0.15) is 0 Å². The molecule has 0 unspecified atom stereocenters. The first-order valence-corrected chi connectivity index (χ1v) is 1.18. The van der Waals surface area contributed by atoms with Crippen molar-refractivity contribution in [2.75, 3.05) is 0 Å². The van der Waals surface area contributed by atoms with Gasteiger partial charge in [-0.25, -0.2) is 0 Å². The Morgan fingerprint density at radius 3 is 2.33 bits per heavy atom. The second-order valence-electron chi connectivity index (χ2n) is 0.581. The van der Waals surface area contributed by atoms with Crippen LogP contribution >= 0.6 is 0 Å². The first-order valence-electron chi connectivity index (χ1n) is 1.18. The molecule has 0 atom stereocenters. The van der Waals surface area contributed by atoms with E-state index in [4.69, 9.17) is 5.26 Å². The summed E-state index contributed by atoms with van der Waals surface area (Å²) in [5, 5.41) is 7.53. The SMILES string of the molecule is C=C(ON)OO. The van der Waals surface area contributed by atoms with Crippen molar-refractivity contribution in [1.82, 2.24) is 0 Å². The zero-order chi connectivity index (χ0) is 4.99. The Bertz CT molecular complexity index is 46.8. The van der Waals surface area contributed by atoms with Gasteiger partial charge in [0.25, 0.3) is 0 Å². The van der Waals surface area contributed by atoms with E-state index < -0.39 is 0 Å². The predicted octanol–water partition coefficient (Wildman–Crippen LogP) is -0.163. The van der Waals surface area contributed by atoms with E-state index in [1.165, 1.54) is 0 Å². The summed E-state index contributed by atoms with van der Waals surface area (Å²) >= 11 is 0. The molecule has 6 heavy (non-hydrogen) atoms. The topological polar surface area (TPSA) is 64.7 Å². The number of rotatable bonds is 2. The molecule has 0 aliphatic heterocycles. The highest BCUT2D eigenvalue weighted by molar-refractivity contribution is 4.60. The molecule has 0 rings (SSSR count). The van der Waals surface area contributed by atoms with Crippen LogP contribution < -0.4 is 5.90 Å². The lowest BCUT2D eigenvalue weighted by Gasteiger charge is -1.92. The molecule has 0 aromatic heterocycles. The van der Waals surface area contributed by atoms with Gasteiger partial charge in [0.05, 0.1) is 0 Å². The molecule has 4 heteroatoms. The van der Waals surface area contributed by atoms with Crippen LogP contribution in [-0.4, -0.2) is 5.26 Å². The molecule has 0 heterocycles. The van der Waals surface area contributed by atoms with Crippen molar-refractivity contribution in [3.8, 4) is 0 Å². The van der Waals surface area contributed by atoms with E-state index in [0.717, 1.165) is 0 Å². The van der Waals surface area contributed by atoms with Gasteiger partial charge < -0.3 is 4.84 Å². The van der Waals surface area contributed by atoms with Crippen molar-refractivity contribution in [1.29, 1.82) is 0 Å². The molecular weight excluding hydrogens is 86.0 g/mol. The van der Waals surface area contributed by atoms with Gasteiger partial charge in [-0.2, -0.15) is 11.2 Å². The summed E-state index contributed by atoms with van der Waals surface area (Å²) in [6.45, 7) is 2.97. The van der Waals surface area contributed by atoms with Gasteiger partial charge in [0.15, 0.2) is 0 Å². The summed E-state index contributed by atoms with van der Waals surface area (Å²) in [5.41, 5.74) is 0. The summed E-state index contributed by atoms with van der Waals surface area (Å²) < 4.78 is 0. The molecule has 0 amide bonds.